The molecule has 0 aliphatic carbocycles. The number of rotatable bonds is 0. The standard InChI is InChI=1S/C16H14N5/c1-19-13-12-4-3-6-18-14(12)20(2)16(13)21-9-10-8-17-7-5-11(10)15(19)21/h3-8H,9H2,1-2H3/q+1/i1D3,2D3. The number of hydrogen-bond donors (Lipinski definition) is 0. The number of imidazole rings is 1. The zero-order valence-electron chi connectivity index (χ0n) is 16.9. The van der Waals surface area contributed by atoms with Gasteiger partial charge in [0.25, 0.3) is 5.65 Å². The van der Waals surface area contributed by atoms with Gasteiger partial charge in [0, 0.05) is 24.2 Å². The molecule has 0 radical (unpaired) electrons. The smallest absolute Gasteiger partial charge is 0.264 e. The quantitative estimate of drug-likeness (QED) is 0.406. The summed E-state index contributed by atoms with van der Waals surface area (Å²) in [4.78, 5) is 8.35. The summed E-state index contributed by atoms with van der Waals surface area (Å²) in [6.07, 6.45) is 4.79. The zero-order valence-corrected chi connectivity index (χ0v) is 10.9. The Morgan fingerprint density at radius 3 is 3.10 bits per heavy atom. The summed E-state index contributed by atoms with van der Waals surface area (Å²) in [7, 11) is 0. The van der Waals surface area contributed by atoms with Gasteiger partial charge in [-0.3, -0.25) is 9.55 Å². The van der Waals surface area contributed by atoms with E-state index in [2.05, 4.69) is 9.97 Å². The van der Waals surface area contributed by atoms with Crippen molar-refractivity contribution in [3.8, 4) is 11.4 Å². The van der Waals surface area contributed by atoms with Gasteiger partial charge in [0.15, 0.2) is 5.52 Å². The molecule has 0 atom stereocenters. The summed E-state index contributed by atoms with van der Waals surface area (Å²) in [6.45, 7) is -4.65. The highest BCUT2D eigenvalue weighted by Gasteiger charge is 2.34. The predicted octanol–water partition coefficient (Wildman–Crippen LogP) is 1.78. The first-order valence-corrected chi connectivity index (χ1v) is 6.57. The van der Waals surface area contributed by atoms with Crippen LogP contribution in [0.5, 0.6) is 0 Å². The molecule has 5 heteroatoms. The van der Waals surface area contributed by atoms with Crippen LogP contribution in [0.4, 0.5) is 0 Å². The maximum absolute atomic E-state index is 8.12. The SMILES string of the molecule is [2H]C([2H])([2H])n1c2[n+](c3c1c1cccnc1n3C([2H])([2H])[2H])Cc1cnccc1-2. The highest BCUT2D eigenvalue weighted by Crippen LogP contribution is 2.33. The molecule has 102 valence electrons. The van der Waals surface area contributed by atoms with Crippen molar-refractivity contribution in [1.29, 1.82) is 0 Å². The average molecular weight is 282 g/mol. The minimum atomic E-state index is -2.51. The van der Waals surface area contributed by atoms with Gasteiger partial charge >= 0.3 is 0 Å². The van der Waals surface area contributed by atoms with Crippen molar-refractivity contribution in [1.82, 2.24) is 19.1 Å². The van der Waals surface area contributed by atoms with E-state index in [-0.39, 0.29) is 5.65 Å². The predicted molar refractivity (Wildman–Crippen MR) is 79.7 cm³/mol. The van der Waals surface area contributed by atoms with Gasteiger partial charge in [0.05, 0.1) is 39.7 Å². The van der Waals surface area contributed by atoms with Gasteiger partial charge < -0.3 is 0 Å². The molecule has 0 bridgehead atoms. The first-order chi connectivity index (χ1) is 12.7. The molecule has 0 spiro atoms. The largest absolute Gasteiger partial charge is 0.271 e. The fourth-order valence-corrected chi connectivity index (χ4v) is 3.24. The summed E-state index contributed by atoms with van der Waals surface area (Å²) in [5.74, 6) is 0.459. The Hall–Kier alpha value is -2.69. The van der Waals surface area contributed by atoms with Crippen LogP contribution in [0.15, 0.2) is 36.8 Å². The molecule has 0 amide bonds. The highest BCUT2D eigenvalue weighted by atomic mass is 15.2. The van der Waals surface area contributed by atoms with E-state index in [9.17, 15) is 0 Å². The molecule has 1 aliphatic rings. The normalized spacial score (nSPS) is 18.5. The van der Waals surface area contributed by atoms with Gasteiger partial charge in [-0.1, -0.05) is 0 Å². The maximum atomic E-state index is 8.12. The van der Waals surface area contributed by atoms with Gasteiger partial charge in [-0.25, -0.2) is 14.1 Å². The molecule has 5 heterocycles. The lowest BCUT2D eigenvalue weighted by atomic mass is 10.2. The van der Waals surface area contributed by atoms with Crippen molar-refractivity contribution in [2.24, 2.45) is 14.0 Å². The van der Waals surface area contributed by atoms with Crippen molar-refractivity contribution in [3.63, 3.8) is 0 Å². The third-order valence-corrected chi connectivity index (χ3v) is 4.10. The van der Waals surface area contributed by atoms with E-state index in [0.717, 1.165) is 15.7 Å². The fourth-order valence-electron chi connectivity index (χ4n) is 3.24. The Morgan fingerprint density at radius 2 is 2.19 bits per heavy atom. The molecule has 0 saturated carbocycles. The van der Waals surface area contributed by atoms with Gasteiger partial charge in [0.2, 0.25) is 11.5 Å². The zero-order chi connectivity index (χ0) is 19.1. The highest BCUT2D eigenvalue weighted by molar-refractivity contribution is 6.03. The average Bonchev–Trinajstić information content (AvgIpc) is 3.19. The second-order valence-corrected chi connectivity index (χ2v) is 5.16. The molecule has 0 saturated heterocycles. The number of hydrogen-bond acceptors (Lipinski definition) is 2. The lowest BCUT2D eigenvalue weighted by molar-refractivity contribution is -0.648. The van der Waals surface area contributed by atoms with Crippen molar-refractivity contribution in [2.45, 2.75) is 6.54 Å². The Bertz CT molecular complexity index is 1230. The van der Waals surface area contributed by atoms with E-state index in [1.54, 1.807) is 35.2 Å². The van der Waals surface area contributed by atoms with E-state index in [0.29, 0.717) is 28.9 Å². The van der Waals surface area contributed by atoms with Crippen molar-refractivity contribution >= 4 is 22.2 Å². The van der Waals surface area contributed by atoms with Crippen LogP contribution in [0.25, 0.3) is 33.6 Å². The maximum Gasteiger partial charge on any atom is 0.271 e. The molecule has 5 nitrogen and oxygen atoms in total. The monoisotopic (exact) mass is 282 g/mol. The van der Waals surface area contributed by atoms with Crippen LogP contribution < -0.4 is 4.57 Å². The number of nitrogens with zero attached hydrogens (tertiary/aromatic N) is 5. The Balaban J connectivity index is 2.07. The van der Waals surface area contributed by atoms with Crippen LogP contribution in [-0.4, -0.2) is 19.1 Å². The second kappa shape index (κ2) is 3.49. The van der Waals surface area contributed by atoms with Gasteiger partial charge in [-0.15, -0.1) is 0 Å². The molecule has 0 aromatic carbocycles. The molecule has 21 heavy (non-hydrogen) atoms. The summed E-state index contributed by atoms with van der Waals surface area (Å²) in [6, 6.07) is 5.14. The van der Waals surface area contributed by atoms with E-state index >= 15 is 0 Å². The minimum absolute atomic E-state index is 0.241. The van der Waals surface area contributed by atoms with E-state index in [4.69, 9.17) is 8.22 Å². The fraction of sp³-hybridized carbons (Fsp3) is 0.188. The number of fused-ring (bicyclic) bond motifs is 7. The van der Waals surface area contributed by atoms with Crippen LogP contribution in [0.2, 0.25) is 0 Å². The molecule has 4 aromatic rings. The van der Waals surface area contributed by atoms with Crippen LogP contribution in [0, 0.1) is 0 Å². The van der Waals surface area contributed by atoms with Gasteiger partial charge in [0.1, 0.15) is 0 Å². The Morgan fingerprint density at radius 1 is 1.24 bits per heavy atom. The van der Waals surface area contributed by atoms with Gasteiger partial charge in [-0.05, 0) is 18.2 Å². The van der Waals surface area contributed by atoms with E-state index in [1.165, 1.54) is 10.8 Å². The summed E-state index contributed by atoms with van der Waals surface area (Å²) >= 11 is 0. The second-order valence-electron chi connectivity index (χ2n) is 5.16. The number of aryl methyl sites for hydroxylation is 2. The van der Waals surface area contributed by atoms with Crippen LogP contribution in [0.1, 0.15) is 13.8 Å². The lowest BCUT2D eigenvalue weighted by Crippen LogP contribution is -2.33. The summed E-state index contributed by atoms with van der Waals surface area (Å²) < 4.78 is 52.6. The summed E-state index contributed by atoms with van der Waals surface area (Å²) in [5.41, 5.74) is 2.51. The molecular weight excluding hydrogens is 262 g/mol. The summed E-state index contributed by atoms with van der Waals surface area (Å²) in [5, 5.41) is 0.497. The number of aromatic nitrogens is 5. The number of pyridine rings is 2. The van der Waals surface area contributed by atoms with Gasteiger partial charge in [-0.2, -0.15) is 0 Å². The van der Waals surface area contributed by atoms with E-state index < -0.39 is 14.0 Å². The van der Waals surface area contributed by atoms with E-state index in [1.807, 2.05) is 0 Å². The molecule has 1 aliphatic heterocycles. The molecule has 4 aromatic heterocycles. The molecule has 0 fully saturated rings. The molecule has 5 rings (SSSR count). The van der Waals surface area contributed by atoms with Crippen LogP contribution >= 0.6 is 0 Å². The topological polar surface area (TPSA) is 39.5 Å². The lowest BCUT2D eigenvalue weighted by Gasteiger charge is -1.97. The van der Waals surface area contributed by atoms with Crippen molar-refractivity contribution in [3.05, 3.63) is 42.4 Å². The third-order valence-electron chi connectivity index (χ3n) is 4.10. The van der Waals surface area contributed by atoms with Crippen molar-refractivity contribution in [2.75, 3.05) is 0 Å². The molecular formula is C16H14N5+. The third kappa shape index (κ3) is 1.15. The molecule has 0 N–H and O–H groups in total. The minimum Gasteiger partial charge on any atom is -0.264 e. The van der Waals surface area contributed by atoms with Crippen molar-refractivity contribution < 1.29 is 12.8 Å². The first kappa shape index (κ1) is 6.85. The van der Waals surface area contributed by atoms with Crippen LogP contribution in [0.3, 0.4) is 0 Å². The Kier molecular flexibility index (Phi) is 1.14. The first-order valence-electron chi connectivity index (χ1n) is 9.57. The molecule has 0 unspecified atom stereocenters. The van der Waals surface area contributed by atoms with Crippen LogP contribution in [-0.2, 0) is 20.5 Å². The Labute approximate surface area is 129 Å².